The molecule has 4 nitrogen and oxygen atoms in total. The minimum Gasteiger partial charge on any atom is -0.340 e. The highest BCUT2D eigenvalue weighted by Gasteiger charge is 2.31. The van der Waals surface area contributed by atoms with Crippen LogP contribution in [-0.2, 0) is 4.79 Å². The van der Waals surface area contributed by atoms with Crippen molar-refractivity contribution in [2.45, 2.75) is 37.8 Å². The highest BCUT2D eigenvalue weighted by atomic mass is 32.2. The SMILES string of the molecule is O=C(CC1CSCCN1)N1CCN2CCCCC2C1. The standard InChI is InChI=1S/C14H25N3OS/c18-14(9-12-11-19-8-4-15-12)17-7-6-16-5-2-1-3-13(16)10-17/h12-13,15H,1-11H2. The van der Waals surface area contributed by atoms with Crippen molar-refractivity contribution >= 4 is 17.7 Å². The van der Waals surface area contributed by atoms with E-state index in [2.05, 4.69) is 15.1 Å². The molecule has 19 heavy (non-hydrogen) atoms. The van der Waals surface area contributed by atoms with Crippen LogP contribution in [0.4, 0.5) is 0 Å². The molecule has 2 atom stereocenters. The molecule has 3 saturated heterocycles. The Morgan fingerprint density at radius 2 is 2.21 bits per heavy atom. The third-order valence-electron chi connectivity index (χ3n) is 4.61. The molecule has 0 aliphatic carbocycles. The summed E-state index contributed by atoms with van der Waals surface area (Å²) in [6, 6.07) is 1.04. The zero-order chi connectivity index (χ0) is 13.1. The van der Waals surface area contributed by atoms with Gasteiger partial charge in [-0.05, 0) is 19.4 Å². The van der Waals surface area contributed by atoms with Crippen LogP contribution >= 0.6 is 11.8 Å². The van der Waals surface area contributed by atoms with Crippen molar-refractivity contribution in [1.82, 2.24) is 15.1 Å². The molecule has 0 aromatic rings. The fourth-order valence-corrected chi connectivity index (χ4v) is 4.42. The summed E-state index contributed by atoms with van der Waals surface area (Å²) in [5.41, 5.74) is 0. The Morgan fingerprint density at radius 1 is 1.26 bits per heavy atom. The number of rotatable bonds is 2. The maximum Gasteiger partial charge on any atom is 0.224 e. The van der Waals surface area contributed by atoms with Crippen LogP contribution in [0, 0.1) is 0 Å². The zero-order valence-corrected chi connectivity index (χ0v) is 12.5. The second-order valence-corrected chi connectivity index (χ2v) is 7.11. The van der Waals surface area contributed by atoms with E-state index >= 15 is 0 Å². The van der Waals surface area contributed by atoms with Crippen molar-refractivity contribution in [2.24, 2.45) is 0 Å². The summed E-state index contributed by atoms with van der Waals surface area (Å²) in [6.45, 7) is 5.30. The van der Waals surface area contributed by atoms with Gasteiger partial charge in [-0.15, -0.1) is 0 Å². The molecule has 1 amide bonds. The Morgan fingerprint density at radius 3 is 3.05 bits per heavy atom. The van der Waals surface area contributed by atoms with Crippen LogP contribution in [0.25, 0.3) is 0 Å². The fourth-order valence-electron chi connectivity index (χ4n) is 3.47. The molecule has 3 aliphatic rings. The third-order valence-corrected chi connectivity index (χ3v) is 5.74. The highest BCUT2D eigenvalue weighted by molar-refractivity contribution is 7.99. The van der Waals surface area contributed by atoms with E-state index in [1.165, 1.54) is 31.6 Å². The lowest BCUT2D eigenvalue weighted by molar-refractivity contribution is -0.135. The first kappa shape index (κ1) is 13.7. The summed E-state index contributed by atoms with van der Waals surface area (Å²) in [6.07, 6.45) is 4.65. The van der Waals surface area contributed by atoms with Gasteiger partial charge >= 0.3 is 0 Å². The lowest BCUT2D eigenvalue weighted by Crippen LogP contribution is -2.56. The molecule has 3 rings (SSSR count). The molecule has 0 saturated carbocycles. The van der Waals surface area contributed by atoms with Crippen LogP contribution in [0.5, 0.6) is 0 Å². The molecule has 0 spiro atoms. The molecule has 2 unspecified atom stereocenters. The maximum absolute atomic E-state index is 12.4. The average molecular weight is 283 g/mol. The quantitative estimate of drug-likeness (QED) is 0.812. The Kier molecular flexibility index (Phi) is 4.66. The van der Waals surface area contributed by atoms with E-state index in [4.69, 9.17) is 0 Å². The molecule has 0 radical (unpaired) electrons. The predicted molar refractivity (Wildman–Crippen MR) is 79.5 cm³/mol. The molecular formula is C14H25N3OS. The maximum atomic E-state index is 12.4. The van der Waals surface area contributed by atoms with Crippen LogP contribution in [0.1, 0.15) is 25.7 Å². The van der Waals surface area contributed by atoms with E-state index in [1.54, 1.807) is 0 Å². The van der Waals surface area contributed by atoms with Crippen molar-refractivity contribution in [2.75, 3.05) is 44.2 Å². The first-order chi connectivity index (χ1) is 9.33. The summed E-state index contributed by atoms with van der Waals surface area (Å²) >= 11 is 1.97. The minimum atomic E-state index is 0.366. The molecule has 0 aromatic heterocycles. The highest BCUT2D eigenvalue weighted by Crippen LogP contribution is 2.22. The van der Waals surface area contributed by atoms with Gasteiger partial charge in [0.1, 0.15) is 0 Å². The fraction of sp³-hybridized carbons (Fsp3) is 0.929. The van der Waals surface area contributed by atoms with Gasteiger partial charge in [-0.25, -0.2) is 0 Å². The summed E-state index contributed by atoms with van der Waals surface area (Å²) < 4.78 is 0. The summed E-state index contributed by atoms with van der Waals surface area (Å²) in [5.74, 6) is 2.64. The molecule has 0 bridgehead atoms. The minimum absolute atomic E-state index is 0.366. The Hall–Kier alpha value is -0.260. The second-order valence-electron chi connectivity index (χ2n) is 5.96. The van der Waals surface area contributed by atoms with E-state index < -0.39 is 0 Å². The number of hydrogen-bond acceptors (Lipinski definition) is 4. The largest absolute Gasteiger partial charge is 0.340 e. The lowest BCUT2D eigenvalue weighted by atomic mass is 9.99. The number of piperidine rings is 1. The van der Waals surface area contributed by atoms with Gasteiger partial charge in [0.25, 0.3) is 0 Å². The number of carbonyl (C=O) groups excluding carboxylic acids is 1. The van der Waals surface area contributed by atoms with Crippen LogP contribution < -0.4 is 5.32 Å². The van der Waals surface area contributed by atoms with Gasteiger partial charge in [-0.3, -0.25) is 9.69 Å². The zero-order valence-electron chi connectivity index (χ0n) is 11.6. The van der Waals surface area contributed by atoms with Crippen molar-refractivity contribution < 1.29 is 4.79 Å². The van der Waals surface area contributed by atoms with Gasteiger partial charge < -0.3 is 10.2 Å². The number of amides is 1. The second kappa shape index (κ2) is 6.46. The van der Waals surface area contributed by atoms with Crippen LogP contribution in [0.3, 0.4) is 0 Å². The number of carbonyl (C=O) groups is 1. The molecule has 0 aromatic carbocycles. The monoisotopic (exact) mass is 283 g/mol. The molecule has 5 heteroatoms. The van der Waals surface area contributed by atoms with E-state index in [9.17, 15) is 4.79 Å². The van der Waals surface area contributed by atoms with E-state index in [0.29, 0.717) is 24.4 Å². The normalized spacial score (nSPS) is 32.9. The number of nitrogens with zero attached hydrogens (tertiary/aromatic N) is 2. The van der Waals surface area contributed by atoms with E-state index in [0.717, 1.165) is 31.9 Å². The average Bonchev–Trinajstić information content (AvgIpc) is 2.48. The van der Waals surface area contributed by atoms with Gasteiger partial charge in [-0.2, -0.15) is 11.8 Å². The summed E-state index contributed by atoms with van der Waals surface area (Å²) in [5, 5.41) is 3.47. The van der Waals surface area contributed by atoms with E-state index in [1.807, 2.05) is 11.8 Å². The molecule has 108 valence electrons. The number of nitrogens with one attached hydrogen (secondary N) is 1. The Labute approximate surface area is 120 Å². The molecule has 1 N–H and O–H groups in total. The van der Waals surface area contributed by atoms with Gasteiger partial charge in [0, 0.05) is 56.2 Å². The van der Waals surface area contributed by atoms with Crippen molar-refractivity contribution in [1.29, 1.82) is 0 Å². The topological polar surface area (TPSA) is 35.6 Å². The third kappa shape index (κ3) is 3.44. The number of thioether (sulfide) groups is 1. The number of hydrogen-bond donors (Lipinski definition) is 1. The van der Waals surface area contributed by atoms with Crippen molar-refractivity contribution in [3.8, 4) is 0 Å². The van der Waals surface area contributed by atoms with Gasteiger partial charge in [0.05, 0.1) is 0 Å². The summed E-state index contributed by atoms with van der Waals surface area (Å²) in [7, 11) is 0. The van der Waals surface area contributed by atoms with E-state index in [-0.39, 0.29) is 0 Å². The Bertz CT molecular complexity index is 320. The Balaban J connectivity index is 1.49. The van der Waals surface area contributed by atoms with Gasteiger partial charge in [0.2, 0.25) is 5.91 Å². The van der Waals surface area contributed by atoms with Crippen LogP contribution in [0.2, 0.25) is 0 Å². The van der Waals surface area contributed by atoms with Crippen LogP contribution in [0.15, 0.2) is 0 Å². The van der Waals surface area contributed by atoms with Gasteiger partial charge in [0.15, 0.2) is 0 Å². The van der Waals surface area contributed by atoms with Crippen molar-refractivity contribution in [3.05, 3.63) is 0 Å². The number of fused-ring (bicyclic) bond motifs is 1. The lowest BCUT2D eigenvalue weighted by Gasteiger charge is -2.44. The molecule has 3 fully saturated rings. The predicted octanol–water partition coefficient (Wildman–Crippen LogP) is 0.778. The van der Waals surface area contributed by atoms with Crippen molar-refractivity contribution in [3.63, 3.8) is 0 Å². The smallest absolute Gasteiger partial charge is 0.224 e. The summed E-state index contributed by atoms with van der Waals surface area (Å²) in [4.78, 5) is 17.1. The van der Waals surface area contributed by atoms with Gasteiger partial charge in [-0.1, -0.05) is 6.42 Å². The van der Waals surface area contributed by atoms with Crippen LogP contribution in [-0.4, -0.2) is 72.0 Å². The first-order valence-corrected chi connectivity index (χ1v) is 8.81. The molecular weight excluding hydrogens is 258 g/mol. The molecule has 3 heterocycles. The first-order valence-electron chi connectivity index (χ1n) is 7.66. The number of piperazine rings is 1. The molecule has 3 aliphatic heterocycles.